The van der Waals surface area contributed by atoms with Crippen LogP contribution in [-0.4, -0.2) is 47.4 Å². The molecule has 2 N–H and O–H groups in total. The molecule has 1 aromatic rings. The van der Waals surface area contributed by atoms with Gasteiger partial charge in [0.05, 0.1) is 11.5 Å². The summed E-state index contributed by atoms with van der Waals surface area (Å²) in [4.78, 5) is 0.267. The van der Waals surface area contributed by atoms with E-state index in [0.717, 1.165) is 25.9 Å². The van der Waals surface area contributed by atoms with Crippen molar-refractivity contribution in [2.75, 3.05) is 32.9 Å². The van der Waals surface area contributed by atoms with Crippen molar-refractivity contribution in [2.45, 2.75) is 30.7 Å². The summed E-state index contributed by atoms with van der Waals surface area (Å²) in [5.74, 6) is 0.639. The number of hydrogen-bond donors (Lipinski definition) is 2. The summed E-state index contributed by atoms with van der Waals surface area (Å²) < 4.78 is 38.1. The van der Waals surface area contributed by atoms with Gasteiger partial charge in [-0.25, -0.2) is 13.1 Å². The lowest BCUT2D eigenvalue weighted by molar-refractivity contribution is 0.110. The zero-order valence-electron chi connectivity index (χ0n) is 13.3. The first-order chi connectivity index (χ1) is 10.6. The normalized spacial score (nSPS) is 15.9. The molecule has 0 unspecified atom stereocenters. The summed E-state index contributed by atoms with van der Waals surface area (Å²) in [6.45, 7) is 5.25. The lowest BCUT2D eigenvalue weighted by atomic mass is 10.1. The molecule has 1 aliphatic rings. The fraction of sp³-hybridized carbons (Fsp3) is 0.600. The monoisotopic (exact) mass is 364 g/mol. The van der Waals surface area contributed by atoms with E-state index < -0.39 is 10.0 Å². The Labute approximate surface area is 144 Å². The Morgan fingerprint density at radius 1 is 1.17 bits per heavy atom. The number of nitrogens with one attached hydrogen (secondary N) is 2. The van der Waals surface area contributed by atoms with Crippen molar-refractivity contribution >= 4 is 22.4 Å². The van der Waals surface area contributed by atoms with Gasteiger partial charge in [0.15, 0.2) is 0 Å². The van der Waals surface area contributed by atoms with Crippen LogP contribution in [0.2, 0.25) is 0 Å². The minimum absolute atomic E-state index is 0. The molecule has 6 nitrogen and oxygen atoms in total. The highest BCUT2D eigenvalue weighted by Gasteiger charge is 2.21. The van der Waals surface area contributed by atoms with Gasteiger partial charge in [-0.3, -0.25) is 0 Å². The maximum absolute atomic E-state index is 12.3. The standard InChI is InChI=1S/C15H24N2O4S.ClH/c1-2-20-11-12-21-14-3-5-15(6-4-14)22(18,19)17-13-7-9-16-10-8-13;/h3-6,13,16-17H,2,7-12H2,1H3;1H. The first kappa shape index (κ1) is 20.2. The maximum atomic E-state index is 12.3. The van der Waals surface area contributed by atoms with Crippen LogP contribution >= 0.6 is 12.4 Å². The molecule has 0 spiro atoms. The molecule has 1 aromatic carbocycles. The molecule has 0 atom stereocenters. The van der Waals surface area contributed by atoms with E-state index in [4.69, 9.17) is 9.47 Å². The molecule has 2 rings (SSSR count). The Morgan fingerprint density at radius 2 is 1.83 bits per heavy atom. The molecule has 1 saturated heterocycles. The SMILES string of the molecule is CCOCCOc1ccc(S(=O)(=O)NC2CCNCC2)cc1.Cl. The number of sulfonamides is 1. The Bertz CT molecular complexity index is 545. The van der Waals surface area contributed by atoms with Crippen LogP contribution in [0.4, 0.5) is 0 Å². The number of benzene rings is 1. The van der Waals surface area contributed by atoms with Gasteiger partial charge in [-0.15, -0.1) is 12.4 Å². The predicted octanol–water partition coefficient (Wildman–Crippen LogP) is 1.55. The summed E-state index contributed by atoms with van der Waals surface area (Å²) in [5, 5.41) is 3.21. The second-order valence-corrected chi connectivity index (χ2v) is 6.88. The van der Waals surface area contributed by atoms with Gasteiger partial charge in [-0.2, -0.15) is 0 Å². The first-order valence-electron chi connectivity index (χ1n) is 7.65. The molecule has 0 radical (unpaired) electrons. The smallest absolute Gasteiger partial charge is 0.240 e. The van der Waals surface area contributed by atoms with Crippen LogP contribution in [0.3, 0.4) is 0 Å². The quantitative estimate of drug-likeness (QED) is 0.684. The third-order valence-electron chi connectivity index (χ3n) is 3.50. The summed E-state index contributed by atoms with van der Waals surface area (Å²) in [7, 11) is -3.46. The fourth-order valence-electron chi connectivity index (χ4n) is 2.31. The first-order valence-corrected chi connectivity index (χ1v) is 9.14. The molecule has 1 aliphatic heterocycles. The minimum atomic E-state index is -3.46. The second kappa shape index (κ2) is 10.1. The number of piperidine rings is 1. The molecular formula is C15H25ClN2O4S. The molecule has 1 fully saturated rings. The molecule has 23 heavy (non-hydrogen) atoms. The fourth-order valence-corrected chi connectivity index (χ4v) is 3.61. The van der Waals surface area contributed by atoms with Crippen LogP contribution < -0.4 is 14.8 Å². The Kier molecular flexibility index (Phi) is 8.86. The Morgan fingerprint density at radius 3 is 2.43 bits per heavy atom. The van der Waals surface area contributed by atoms with Crippen LogP contribution in [0, 0.1) is 0 Å². The third kappa shape index (κ3) is 6.64. The second-order valence-electron chi connectivity index (χ2n) is 5.16. The lowest BCUT2D eigenvalue weighted by Crippen LogP contribution is -2.42. The average molecular weight is 365 g/mol. The van der Waals surface area contributed by atoms with Crippen molar-refractivity contribution in [1.29, 1.82) is 0 Å². The zero-order valence-corrected chi connectivity index (χ0v) is 14.9. The molecule has 0 bridgehead atoms. The minimum Gasteiger partial charge on any atom is -0.491 e. The van der Waals surface area contributed by atoms with Crippen LogP contribution in [0.5, 0.6) is 5.75 Å². The van der Waals surface area contributed by atoms with Crippen molar-refractivity contribution in [3.8, 4) is 5.75 Å². The van der Waals surface area contributed by atoms with Crippen LogP contribution in [0.1, 0.15) is 19.8 Å². The number of hydrogen-bond acceptors (Lipinski definition) is 5. The molecule has 0 amide bonds. The van der Waals surface area contributed by atoms with E-state index >= 15 is 0 Å². The summed E-state index contributed by atoms with van der Waals surface area (Å²) >= 11 is 0. The van der Waals surface area contributed by atoms with Gasteiger partial charge in [0.1, 0.15) is 12.4 Å². The Hall–Kier alpha value is -0.860. The van der Waals surface area contributed by atoms with Crippen LogP contribution in [0.15, 0.2) is 29.2 Å². The van der Waals surface area contributed by atoms with Gasteiger partial charge < -0.3 is 14.8 Å². The lowest BCUT2D eigenvalue weighted by Gasteiger charge is -2.23. The number of rotatable bonds is 8. The van der Waals surface area contributed by atoms with E-state index in [1.54, 1.807) is 24.3 Å². The Balaban J connectivity index is 0.00000264. The van der Waals surface area contributed by atoms with E-state index in [9.17, 15) is 8.42 Å². The summed E-state index contributed by atoms with van der Waals surface area (Å²) in [6, 6.07) is 6.48. The maximum Gasteiger partial charge on any atom is 0.240 e. The predicted molar refractivity (Wildman–Crippen MR) is 91.9 cm³/mol. The molecule has 132 valence electrons. The summed E-state index contributed by atoms with van der Waals surface area (Å²) in [5.41, 5.74) is 0. The van der Waals surface area contributed by atoms with Crippen molar-refractivity contribution in [2.24, 2.45) is 0 Å². The van der Waals surface area contributed by atoms with Crippen molar-refractivity contribution in [1.82, 2.24) is 10.0 Å². The molecule has 0 aliphatic carbocycles. The molecule has 1 heterocycles. The van der Waals surface area contributed by atoms with E-state index in [0.29, 0.717) is 25.6 Å². The van der Waals surface area contributed by atoms with Crippen molar-refractivity contribution in [3.05, 3.63) is 24.3 Å². The van der Waals surface area contributed by atoms with Gasteiger partial charge in [0.2, 0.25) is 10.0 Å². The molecule has 0 aromatic heterocycles. The molecule has 0 saturated carbocycles. The van der Waals surface area contributed by atoms with E-state index in [1.165, 1.54) is 0 Å². The van der Waals surface area contributed by atoms with Crippen LogP contribution in [0.25, 0.3) is 0 Å². The highest BCUT2D eigenvalue weighted by molar-refractivity contribution is 7.89. The van der Waals surface area contributed by atoms with Crippen molar-refractivity contribution in [3.63, 3.8) is 0 Å². The number of halogens is 1. The van der Waals surface area contributed by atoms with E-state index in [2.05, 4.69) is 10.0 Å². The highest BCUT2D eigenvalue weighted by atomic mass is 35.5. The topological polar surface area (TPSA) is 76.7 Å². The van der Waals surface area contributed by atoms with Gasteiger partial charge in [0, 0.05) is 12.6 Å². The largest absolute Gasteiger partial charge is 0.491 e. The van der Waals surface area contributed by atoms with Gasteiger partial charge in [-0.1, -0.05) is 0 Å². The summed E-state index contributed by atoms with van der Waals surface area (Å²) in [6.07, 6.45) is 1.63. The van der Waals surface area contributed by atoms with Gasteiger partial charge >= 0.3 is 0 Å². The number of ether oxygens (including phenoxy) is 2. The van der Waals surface area contributed by atoms with Crippen molar-refractivity contribution < 1.29 is 17.9 Å². The zero-order chi connectivity index (χ0) is 15.8. The molecular weight excluding hydrogens is 340 g/mol. The van der Waals surface area contributed by atoms with E-state index in [1.807, 2.05) is 6.92 Å². The average Bonchev–Trinajstić information content (AvgIpc) is 2.53. The van der Waals surface area contributed by atoms with Gasteiger partial charge in [-0.05, 0) is 57.1 Å². The van der Waals surface area contributed by atoms with E-state index in [-0.39, 0.29) is 23.3 Å². The molecule has 8 heteroatoms. The highest BCUT2D eigenvalue weighted by Crippen LogP contribution is 2.17. The van der Waals surface area contributed by atoms with Crippen LogP contribution in [-0.2, 0) is 14.8 Å². The van der Waals surface area contributed by atoms with Gasteiger partial charge in [0.25, 0.3) is 0 Å². The third-order valence-corrected chi connectivity index (χ3v) is 5.03.